The molecule has 7 nitrogen and oxygen atoms in total. The molecule has 0 bridgehead atoms. The van der Waals surface area contributed by atoms with E-state index in [-0.39, 0.29) is 17.9 Å². The highest BCUT2D eigenvalue weighted by molar-refractivity contribution is 6.42. The molecule has 0 unspecified atom stereocenters. The molecule has 1 aromatic rings. The van der Waals surface area contributed by atoms with Crippen LogP contribution in [-0.2, 0) is 14.3 Å². The van der Waals surface area contributed by atoms with Crippen LogP contribution in [0.25, 0.3) is 0 Å². The normalized spacial score (nSPS) is 10.7. The molecule has 0 radical (unpaired) electrons. The molecule has 1 amide bonds. The Kier molecular flexibility index (Phi) is 5.40. The van der Waals surface area contributed by atoms with Gasteiger partial charge in [-0.2, -0.15) is 0 Å². The number of hydrogen-bond acceptors (Lipinski definition) is 6. The Labute approximate surface area is 122 Å². The van der Waals surface area contributed by atoms with Gasteiger partial charge >= 0.3 is 12.1 Å². The van der Waals surface area contributed by atoms with E-state index in [0.29, 0.717) is 0 Å². The van der Waals surface area contributed by atoms with E-state index in [9.17, 15) is 14.4 Å². The van der Waals surface area contributed by atoms with E-state index in [1.165, 1.54) is 18.5 Å². The zero-order valence-electron chi connectivity index (χ0n) is 12.4. The molecule has 0 atom stereocenters. The van der Waals surface area contributed by atoms with Crippen molar-refractivity contribution in [3.05, 3.63) is 24.0 Å². The number of pyridine rings is 1. The van der Waals surface area contributed by atoms with Gasteiger partial charge in [0.1, 0.15) is 5.60 Å². The molecule has 0 fully saturated rings. The van der Waals surface area contributed by atoms with Crippen molar-refractivity contribution >= 4 is 23.5 Å². The van der Waals surface area contributed by atoms with Crippen molar-refractivity contribution in [2.45, 2.75) is 33.3 Å². The quantitative estimate of drug-likeness (QED) is 0.519. The van der Waals surface area contributed by atoms with Gasteiger partial charge in [0.15, 0.2) is 0 Å². The number of rotatable bonds is 4. The van der Waals surface area contributed by atoms with Crippen LogP contribution in [0.2, 0.25) is 0 Å². The number of esters is 1. The summed E-state index contributed by atoms with van der Waals surface area (Å²) >= 11 is 0. The van der Waals surface area contributed by atoms with Crippen LogP contribution in [-0.4, -0.2) is 35.0 Å². The first-order valence-electron chi connectivity index (χ1n) is 6.40. The van der Waals surface area contributed by atoms with Gasteiger partial charge in [-0.15, -0.1) is 0 Å². The van der Waals surface area contributed by atoms with E-state index in [0.717, 1.165) is 0 Å². The Morgan fingerprint density at radius 3 is 2.52 bits per heavy atom. The molecular weight excluding hydrogens is 276 g/mol. The second-order valence-electron chi connectivity index (χ2n) is 5.10. The Hall–Kier alpha value is -2.44. The van der Waals surface area contributed by atoms with Crippen molar-refractivity contribution < 1.29 is 23.9 Å². The molecule has 1 N–H and O–H groups in total. The molecule has 21 heavy (non-hydrogen) atoms. The summed E-state index contributed by atoms with van der Waals surface area (Å²) < 4.78 is 9.72. The van der Waals surface area contributed by atoms with Crippen molar-refractivity contribution in [2.75, 3.05) is 11.9 Å². The van der Waals surface area contributed by atoms with Crippen LogP contribution in [0.4, 0.5) is 10.5 Å². The van der Waals surface area contributed by atoms with Gasteiger partial charge in [0.05, 0.1) is 24.1 Å². The lowest BCUT2D eigenvalue weighted by molar-refractivity contribution is -0.137. The van der Waals surface area contributed by atoms with E-state index < -0.39 is 23.4 Å². The molecule has 0 spiro atoms. The largest absolute Gasteiger partial charge is 0.460 e. The summed E-state index contributed by atoms with van der Waals surface area (Å²) in [6, 6.07) is 1.33. The topological polar surface area (TPSA) is 94.6 Å². The smallest absolute Gasteiger partial charge is 0.412 e. The van der Waals surface area contributed by atoms with Gasteiger partial charge < -0.3 is 9.47 Å². The lowest BCUT2D eigenvalue weighted by Gasteiger charge is -2.20. The Morgan fingerprint density at radius 1 is 1.29 bits per heavy atom. The highest BCUT2D eigenvalue weighted by Crippen LogP contribution is 2.16. The number of nitrogens with zero attached hydrogens (tertiary/aromatic N) is 1. The van der Waals surface area contributed by atoms with Gasteiger partial charge in [0.2, 0.25) is 0 Å². The maximum absolute atomic E-state index is 11.9. The summed E-state index contributed by atoms with van der Waals surface area (Å²) in [7, 11) is 0. The lowest BCUT2D eigenvalue weighted by atomic mass is 10.1. The highest BCUT2D eigenvalue weighted by atomic mass is 16.6. The minimum atomic E-state index is -0.990. The lowest BCUT2D eigenvalue weighted by Crippen LogP contribution is -2.28. The third-order valence-corrected chi connectivity index (χ3v) is 2.16. The van der Waals surface area contributed by atoms with Gasteiger partial charge in [-0.1, -0.05) is 0 Å². The summed E-state index contributed by atoms with van der Waals surface area (Å²) in [6.07, 6.45) is 1.86. The summed E-state index contributed by atoms with van der Waals surface area (Å²) in [4.78, 5) is 38.9. The molecule has 0 saturated heterocycles. The molecule has 0 aliphatic carbocycles. The Morgan fingerprint density at radius 2 is 1.95 bits per heavy atom. The number of ether oxygens (including phenoxy) is 2. The first kappa shape index (κ1) is 16.6. The number of ketones is 1. The van der Waals surface area contributed by atoms with E-state index in [2.05, 4.69) is 15.0 Å². The van der Waals surface area contributed by atoms with Gasteiger partial charge in [0.25, 0.3) is 5.78 Å². The summed E-state index contributed by atoms with van der Waals surface area (Å²) in [5.74, 6) is -1.85. The molecular formula is C14H18N2O5. The second kappa shape index (κ2) is 6.83. The fourth-order valence-corrected chi connectivity index (χ4v) is 1.41. The molecule has 7 heteroatoms. The minimum absolute atomic E-state index is 0.00527. The van der Waals surface area contributed by atoms with Crippen LogP contribution in [0.3, 0.4) is 0 Å². The molecule has 0 saturated carbocycles. The van der Waals surface area contributed by atoms with E-state index in [1.54, 1.807) is 27.7 Å². The first-order valence-corrected chi connectivity index (χ1v) is 6.40. The predicted octanol–water partition coefficient (Wildman–Crippen LogP) is 2.17. The monoisotopic (exact) mass is 294 g/mol. The third-order valence-electron chi connectivity index (χ3n) is 2.16. The number of Topliss-reactive ketones (excluding diaryl/α,β-unsaturated/α-hetero) is 1. The average Bonchev–Trinajstić information content (AvgIpc) is 2.36. The molecule has 1 rings (SSSR count). The Bertz CT molecular complexity index is 549. The number of anilines is 1. The van der Waals surface area contributed by atoms with Gasteiger partial charge in [-0.3, -0.25) is 15.1 Å². The number of nitrogens with one attached hydrogen (secondary N) is 1. The van der Waals surface area contributed by atoms with E-state index in [4.69, 9.17) is 4.74 Å². The van der Waals surface area contributed by atoms with Crippen LogP contribution < -0.4 is 5.32 Å². The molecule has 1 heterocycles. The average molecular weight is 294 g/mol. The maximum Gasteiger partial charge on any atom is 0.412 e. The minimum Gasteiger partial charge on any atom is -0.460 e. The van der Waals surface area contributed by atoms with Gasteiger partial charge in [0, 0.05) is 6.20 Å². The fourth-order valence-electron chi connectivity index (χ4n) is 1.41. The predicted molar refractivity (Wildman–Crippen MR) is 75.1 cm³/mol. The van der Waals surface area contributed by atoms with Gasteiger partial charge in [-0.25, -0.2) is 9.59 Å². The van der Waals surface area contributed by atoms with Crippen molar-refractivity contribution in [3.8, 4) is 0 Å². The number of carbonyl (C=O) groups excluding carboxylic acids is 3. The second-order valence-corrected chi connectivity index (χ2v) is 5.10. The third kappa shape index (κ3) is 5.21. The molecule has 114 valence electrons. The van der Waals surface area contributed by atoms with Crippen LogP contribution in [0.1, 0.15) is 38.1 Å². The first-order chi connectivity index (χ1) is 9.74. The summed E-state index contributed by atoms with van der Waals surface area (Å²) in [5.41, 5.74) is -0.600. The van der Waals surface area contributed by atoms with Gasteiger partial charge in [-0.05, 0) is 33.8 Å². The zero-order chi connectivity index (χ0) is 16.0. The zero-order valence-corrected chi connectivity index (χ0v) is 12.4. The molecule has 0 aromatic carbocycles. The van der Waals surface area contributed by atoms with E-state index >= 15 is 0 Å². The number of aromatic nitrogens is 1. The molecule has 1 aromatic heterocycles. The van der Waals surface area contributed by atoms with Crippen molar-refractivity contribution in [3.63, 3.8) is 0 Å². The molecule has 0 aliphatic heterocycles. The van der Waals surface area contributed by atoms with Crippen LogP contribution >= 0.6 is 0 Å². The highest BCUT2D eigenvalue weighted by Gasteiger charge is 2.23. The van der Waals surface area contributed by atoms with Crippen molar-refractivity contribution in [1.29, 1.82) is 0 Å². The SMILES string of the molecule is CCOC(=O)C(=O)c1ccncc1NC(=O)OC(C)(C)C. The van der Waals surface area contributed by atoms with Crippen LogP contribution in [0.5, 0.6) is 0 Å². The number of amides is 1. The van der Waals surface area contributed by atoms with E-state index in [1.807, 2.05) is 0 Å². The summed E-state index contributed by atoms with van der Waals surface area (Å²) in [5, 5.41) is 2.39. The number of hydrogen-bond donors (Lipinski definition) is 1. The maximum atomic E-state index is 11.9. The summed E-state index contributed by atoms with van der Waals surface area (Å²) in [6.45, 7) is 6.81. The Balaban J connectivity index is 2.92. The van der Waals surface area contributed by atoms with Crippen molar-refractivity contribution in [1.82, 2.24) is 4.98 Å². The number of carbonyl (C=O) groups is 3. The van der Waals surface area contributed by atoms with Crippen molar-refractivity contribution in [2.24, 2.45) is 0 Å². The van der Waals surface area contributed by atoms with Crippen LogP contribution in [0.15, 0.2) is 18.5 Å². The molecule has 0 aliphatic rings. The van der Waals surface area contributed by atoms with Crippen LogP contribution in [0, 0.1) is 0 Å². The fraction of sp³-hybridized carbons (Fsp3) is 0.429. The standard InChI is InChI=1S/C14H18N2O5/c1-5-20-12(18)11(17)9-6-7-15-8-10(9)16-13(19)21-14(2,3)4/h6-8H,5H2,1-4H3,(H,16,19).